The third-order valence-electron chi connectivity index (χ3n) is 3.36. The van der Waals surface area contributed by atoms with Crippen LogP contribution in [0.4, 0.5) is 0 Å². The number of carbonyl (C=O) groups excluding carboxylic acids is 1. The minimum absolute atomic E-state index is 0.0268. The Labute approximate surface area is 145 Å². The van der Waals surface area contributed by atoms with Gasteiger partial charge in [0.1, 0.15) is 0 Å². The molecular weight excluding hydrogens is 389 g/mol. The molecule has 2 aromatic carbocycles. The highest BCUT2D eigenvalue weighted by Gasteiger charge is 2.08. The van der Waals surface area contributed by atoms with Gasteiger partial charge >= 0.3 is 0 Å². The quantitative estimate of drug-likeness (QED) is 0.550. The van der Waals surface area contributed by atoms with Crippen LogP contribution in [0.25, 0.3) is 0 Å². The van der Waals surface area contributed by atoms with Gasteiger partial charge in [0.2, 0.25) is 0 Å². The molecule has 0 radical (unpaired) electrons. The predicted molar refractivity (Wildman–Crippen MR) is 96.9 cm³/mol. The summed E-state index contributed by atoms with van der Waals surface area (Å²) in [6.45, 7) is 3.29. The standard InChI is InChI=1S/C18H20INO2/c1-14(15-8-3-2-4-9-15)22-13-7-12-20-18(21)16-10-5-6-11-17(16)19/h2-6,8-11,14H,7,12-13H2,1H3,(H,20,21). The van der Waals surface area contributed by atoms with Crippen molar-refractivity contribution in [3.8, 4) is 0 Å². The number of halogens is 1. The lowest BCUT2D eigenvalue weighted by Gasteiger charge is -2.13. The Kier molecular flexibility index (Phi) is 6.86. The molecule has 22 heavy (non-hydrogen) atoms. The fraction of sp³-hybridized carbons (Fsp3) is 0.278. The van der Waals surface area contributed by atoms with Gasteiger partial charge in [-0.15, -0.1) is 0 Å². The normalized spacial score (nSPS) is 11.9. The van der Waals surface area contributed by atoms with Crippen LogP contribution >= 0.6 is 22.6 Å². The van der Waals surface area contributed by atoms with Gasteiger partial charge in [-0.25, -0.2) is 0 Å². The minimum Gasteiger partial charge on any atom is -0.374 e. The summed E-state index contributed by atoms with van der Waals surface area (Å²) in [7, 11) is 0. The Morgan fingerprint density at radius 2 is 1.82 bits per heavy atom. The van der Waals surface area contributed by atoms with Gasteiger partial charge in [-0.3, -0.25) is 4.79 Å². The smallest absolute Gasteiger partial charge is 0.252 e. The van der Waals surface area contributed by atoms with Gasteiger partial charge in [0.25, 0.3) is 5.91 Å². The first-order chi connectivity index (χ1) is 10.7. The van der Waals surface area contributed by atoms with E-state index in [0.29, 0.717) is 13.2 Å². The third kappa shape index (κ3) is 5.10. The molecule has 1 atom stereocenters. The highest BCUT2D eigenvalue weighted by Crippen LogP contribution is 2.15. The molecule has 0 saturated heterocycles. The number of hydrogen-bond acceptors (Lipinski definition) is 2. The van der Waals surface area contributed by atoms with Crippen LogP contribution in [0.5, 0.6) is 0 Å². The first kappa shape index (κ1) is 17.0. The molecule has 0 bridgehead atoms. The highest BCUT2D eigenvalue weighted by molar-refractivity contribution is 14.1. The topological polar surface area (TPSA) is 38.3 Å². The Balaban J connectivity index is 1.67. The number of hydrogen-bond donors (Lipinski definition) is 1. The van der Waals surface area contributed by atoms with Crippen LogP contribution < -0.4 is 5.32 Å². The van der Waals surface area contributed by atoms with Crippen LogP contribution in [0, 0.1) is 3.57 Å². The Bertz CT molecular complexity index is 601. The van der Waals surface area contributed by atoms with Gasteiger partial charge < -0.3 is 10.1 Å². The maximum absolute atomic E-state index is 12.0. The molecule has 4 heteroatoms. The van der Waals surface area contributed by atoms with Crippen LogP contribution in [0.2, 0.25) is 0 Å². The monoisotopic (exact) mass is 409 g/mol. The molecule has 0 aliphatic carbocycles. The average Bonchev–Trinajstić information content (AvgIpc) is 2.55. The number of nitrogens with one attached hydrogen (secondary N) is 1. The first-order valence-electron chi connectivity index (χ1n) is 7.38. The molecule has 0 saturated carbocycles. The zero-order valence-electron chi connectivity index (χ0n) is 12.6. The van der Waals surface area contributed by atoms with E-state index in [2.05, 4.69) is 40.0 Å². The maximum Gasteiger partial charge on any atom is 0.252 e. The molecule has 0 aromatic heterocycles. The number of benzene rings is 2. The lowest BCUT2D eigenvalue weighted by atomic mass is 10.1. The van der Waals surface area contributed by atoms with E-state index in [9.17, 15) is 4.79 Å². The van der Waals surface area contributed by atoms with Crippen molar-refractivity contribution in [1.29, 1.82) is 0 Å². The molecule has 116 valence electrons. The van der Waals surface area contributed by atoms with Crippen LogP contribution in [0.1, 0.15) is 35.4 Å². The minimum atomic E-state index is -0.0268. The highest BCUT2D eigenvalue weighted by atomic mass is 127. The number of amides is 1. The van der Waals surface area contributed by atoms with Gasteiger partial charge in [0.15, 0.2) is 0 Å². The molecule has 0 heterocycles. The zero-order chi connectivity index (χ0) is 15.8. The summed E-state index contributed by atoms with van der Waals surface area (Å²) in [6, 6.07) is 17.7. The summed E-state index contributed by atoms with van der Waals surface area (Å²) < 4.78 is 6.75. The van der Waals surface area contributed by atoms with Crippen molar-refractivity contribution < 1.29 is 9.53 Å². The molecule has 0 spiro atoms. The predicted octanol–water partition coefficient (Wildman–Crippen LogP) is 4.19. The first-order valence-corrected chi connectivity index (χ1v) is 8.45. The molecule has 1 unspecified atom stereocenters. The molecule has 1 amide bonds. The van der Waals surface area contributed by atoms with E-state index in [1.165, 1.54) is 5.56 Å². The lowest BCUT2D eigenvalue weighted by Crippen LogP contribution is -2.26. The molecule has 0 aliphatic rings. The van der Waals surface area contributed by atoms with Crippen molar-refractivity contribution >= 4 is 28.5 Å². The SMILES string of the molecule is CC(OCCCNC(=O)c1ccccc1I)c1ccccc1. The Morgan fingerprint density at radius 3 is 2.55 bits per heavy atom. The van der Waals surface area contributed by atoms with E-state index in [0.717, 1.165) is 15.6 Å². The summed E-state index contributed by atoms with van der Waals surface area (Å²) in [5, 5.41) is 2.93. The molecule has 3 nitrogen and oxygen atoms in total. The van der Waals surface area contributed by atoms with E-state index in [1.807, 2.05) is 49.4 Å². The second-order valence-electron chi connectivity index (χ2n) is 5.01. The number of ether oxygens (including phenoxy) is 1. The summed E-state index contributed by atoms with van der Waals surface area (Å²) in [5.41, 5.74) is 1.90. The molecular formula is C18H20INO2. The lowest BCUT2D eigenvalue weighted by molar-refractivity contribution is 0.0635. The fourth-order valence-electron chi connectivity index (χ4n) is 2.10. The second-order valence-corrected chi connectivity index (χ2v) is 6.18. The van der Waals surface area contributed by atoms with Crippen molar-refractivity contribution in [2.75, 3.05) is 13.2 Å². The van der Waals surface area contributed by atoms with E-state index < -0.39 is 0 Å². The average molecular weight is 409 g/mol. The van der Waals surface area contributed by atoms with Crippen LogP contribution in [-0.2, 0) is 4.74 Å². The largest absolute Gasteiger partial charge is 0.374 e. The molecule has 0 fully saturated rings. The Morgan fingerprint density at radius 1 is 1.14 bits per heavy atom. The van der Waals surface area contributed by atoms with E-state index in [1.54, 1.807) is 0 Å². The summed E-state index contributed by atoms with van der Waals surface area (Å²) in [6.07, 6.45) is 0.874. The molecule has 2 rings (SSSR count). The van der Waals surface area contributed by atoms with Crippen molar-refractivity contribution in [3.63, 3.8) is 0 Å². The molecule has 0 aliphatic heterocycles. The second kappa shape index (κ2) is 8.90. The molecule has 1 N–H and O–H groups in total. The van der Waals surface area contributed by atoms with E-state index >= 15 is 0 Å². The van der Waals surface area contributed by atoms with Crippen LogP contribution in [-0.4, -0.2) is 19.1 Å². The summed E-state index contributed by atoms with van der Waals surface area (Å²) in [4.78, 5) is 12.0. The van der Waals surface area contributed by atoms with Crippen LogP contribution in [0.3, 0.4) is 0 Å². The zero-order valence-corrected chi connectivity index (χ0v) is 14.7. The van der Waals surface area contributed by atoms with Gasteiger partial charge in [-0.1, -0.05) is 42.5 Å². The van der Waals surface area contributed by atoms with E-state index in [4.69, 9.17) is 4.74 Å². The van der Waals surface area contributed by atoms with Gasteiger partial charge in [-0.05, 0) is 53.6 Å². The number of rotatable bonds is 7. The molecule has 2 aromatic rings. The maximum atomic E-state index is 12.0. The van der Waals surface area contributed by atoms with Crippen molar-refractivity contribution in [2.45, 2.75) is 19.4 Å². The fourth-order valence-corrected chi connectivity index (χ4v) is 2.73. The van der Waals surface area contributed by atoms with Gasteiger partial charge in [0.05, 0.1) is 11.7 Å². The third-order valence-corrected chi connectivity index (χ3v) is 4.30. The van der Waals surface area contributed by atoms with Crippen molar-refractivity contribution in [3.05, 3.63) is 69.3 Å². The van der Waals surface area contributed by atoms with Crippen molar-refractivity contribution in [1.82, 2.24) is 5.32 Å². The number of carbonyl (C=O) groups is 1. The van der Waals surface area contributed by atoms with Crippen LogP contribution in [0.15, 0.2) is 54.6 Å². The van der Waals surface area contributed by atoms with Crippen molar-refractivity contribution in [2.24, 2.45) is 0 Å². The summed E-state index contributed by atoms with van der Waals surface area (Å²) in [5.74, 6) is -0.0268. The summed E-state index contributed by atoms with van der Waals surface area (Å²) >= 11 is 2.17. The Hall–Kier alpha value is -1.40. The van der Waals surface area contributed by atoms with Gasteiger partial charge in [0, 0.05) is 16.7 Å². The van der Waals surface area contributed by atoms with Gasteiger partial charge in [-0.2, -0.15) is 0 Å². The van der Waals surface area contributed by atoms with E-state index in [-0.39, 0.29) is 12.0 Å².